The number of carbonyl (C=O) groups excluding carboxylic acids is 3. The van der Waals surface area contributed by atoms with Crippen molar-refractivity contribution in [2.24, 2.45) is 11.7 Å². The van der Waals surface area contributed by atoms with Crippen molar-refractivity contribution in [1.29, 1.82) is 0 Å². The van der Waals surface area contributed by atoms with Crippen LogP contribution < -0.4 is 21.7 Å². The topological polar surface area (TPSA) is 151 Å². The number of hydrogen-bond donors (Lipinski definition) is 7. The van der Waals surface area contributed by atoms with E-state index in [0.29, 0.717) is 6.42 Å². The molecule has 0 spiro atoms. The highest BCUT2D eigenvalue weighted by atomic mass is 32.1. The first-order valence-electron chi connectivity index (χ1n) is 7.76. The Kier molecular flexibility index (Phi) is 11.3. The molecule has 25 heavy (non-hydrogen) atoms. The van der Waals surface area contributed by atoms with Crippen LogP contribution in [0, 0.1) is 5.92 Å². The molecule has 0 saturated heterocycles. The summed E-state index contributed by atoms with van der Waals surface area (Å²) in [6.07, 6.45) is 0.567. The number of carboxylic acids is 1. The Balaban J connectivity index is 5.14. The number of aliphatic carboxylic acids is 1. The summed E-state index contributed by atoms with van der Waals surface area (Å²) in [4.78, 5) is 47.1. The molecule has 3 amide bonds. The zero-order chi connectivity index (χ0) is 19.6. The van der Waals surface area contributed by atoms with E-state index in [9.17, 15) is 19.2 Å². The molecule has 4 unspecified atom stereocenters. The van der Waals surface area contributed by atoms with Gasteiger partial charge in [0.25, 0.3) is 0 Å². The number of hydrogen-bond acceptors (Lipinski definition) is 7. The number of nitrogens with one attached hydrogen (secondary N) is 3. The van der Waals surface area contributed by atoms with Crippen LogP contribution in [-0.4, -0.2) is 65.0 Å². The number of carbonyl (C=O) groups is 4. The molecule has 0 saturated carbocycles. The minimum atomic E-state index is -1.22. The van der Waals surface area contributed by atoms with Gasteiger partial charge in [0.2, 0.25) is 17.7 Å². The van der Waals surface area contributed by atoms with Gasteiger partial charge in [0, 0.05) is 11.5 Å². The van der Waals surface area contributed by atoms with Crippen molar-refractivity contribution in [3.05, 3.63) is 0 Å². The molecule has 0 fully saturated rings. The summed E-state index contributed by atoms with van der Waals surface area (Å²) in [5.41, 5.74) is 5.20. The van der Waals surface area contributed by atoms with Crippen LogP contribution >= 0.6 is 25.3 Å². The molecule has 0 aromatic carbocycles. The Bertz CT molecular complexity index is 492. The minimum Gasteiger partial charge on any atom is -0.480 e. The molecule has 0 aromatic heterocycles. The van der Waals surface area contributed by atoms with Gasteiger partial charge in [0.1, 0.15) is 18.1 Å². The molecule has 0 aromatic rings. The normalized spacial score (nSPS) is 15.4. The highest BCUT2D eigenvalue weighted by Crippen LogP contribution is 2.09. The standard InChI is InChI=1S/C14H26N4O5S2/c1-3-7(2)11(13(21)17-9(6-25)14(22)23)18-12(20)8(5-24)16-10(19)4-15/h7-9,11,24-25H,3-6,15H2,1-2H3,(H,16,19)(H,17,21)(H,18,20)(H,22,23). The zero-order valence-electron chi connectivity index (χ0n) is 14.2. The van der Waals surface area contributed by atoms with Gasteiger partial charge < -0.3 is 26.8 Å². The van der Waals surface area contributed by atoms with E-state index in [1.165, 1.54) is 0 Å². The van der Waals surface area contributed by atoms with Gasteiger partial charge >= 0.3 is 5.97 Å². The molecular weight excluding hydrogens is 368 g/mol. The van der Waals surface area contributed by atoms with E-state index in [4.69, 9.17) is 10.8 Å². The van der Waals surface area contributed by atoms with Gasteiger partial charge in [-0.1, -0.05) is 20.3 Å². The van der Waals surface area contributed by atoms with E-state index in [2.05, 4.69) is 41.2 Å². The fourth-order valence-electron chi connectivity index (χ4n) is 1.85. The molecule has 9 nitrogen and oxygen atoms in total. The fourth-order valence-corrected chi connectivity index (χ4v) is 2.35. The second kappa shape index (κ2) is 12.0. The molecule has 0 radical (unpaired) electrons. The van der Waals surface area contributed by atoms with Crippen LogP contribution in [0.2, 0.25) is 0 Å². The molecule has 0 aliphatic rings. The molecule has 0 aliphatic heterocycles. The molecular formula is C14H26N4O5S2. The smallest absolute Gasteiger partial charge is 0.327 e. The average Bonchev–Trinajstić information content (AvgIpc) is 2.60. The van der Waals surface area contributed by atoms with E-state index < -0.39 is 41.8 Å². The van der Waals surface area contributed by atoms with Gasteiger partial charge in [-0.25, -0.2) is 4.79 Å². The first kappa shape index (κ1) is 23.5. The zero-order valence-corrected chi connectivity index (χ0v) is 16.0. The SMILES string of the molecule is CCC(C)C(NC(=O)C(CS)NC(=O)CN)C(=O)NC(CS)C(=O)O. The van der Waals surface area contributed by atoms with Crippen LogP contribution in [0.25, 0.3) is 0 Å². The van der Waals surface area contributed by atoms with Gasteiger partial charge in [-0.2, -0.15) is 25.3 Å². The molecule has 6 N–H and O–H groups in total. The maximum Gasteiger partial charge on any atom is 0.327 e. The number of rotatable bonds is 11. The third-order valence-electron chi connectivity index (χ3n) is 3.61. The molecule has 4 atom stereocenters. The van der Waals surface area contributed by atoms with Gasteiger partial charge in [-0.15, -0.1) is 0 Å². The largest absolute Gasteiger partial charge is 0.480 e. The van der Waals surface area contributed by atoms with Crippen molar-refractivity contribution >= 4 is 48.9 Å². The van der Waals surface area contributed by atoms with Crippen LogP contribution in [0.1, 0.15) is 20.3 Å². The molecule has 11 heteroatoms. The Labute approximate surface area is 157 Å². The Hall–Kier alpha value is -1.46. The summed E-state index contributed by atoms with van der Waals surface area (Å²) < 4.78 is 0. The monoisotopic (exact) mass is 394 g/mol. The maximum absolute atomic E-state index is 12.4. The van der Waals surface area contributed by atoms with Crippen LogP contribution in [-0.2, 0) is 19.2 Å². The molecule has 0 bridgehead atoms. The Morgan fingerprint density at radius 2 is 1.56 bits per heavy atom. The van der Waals surface area contributed by atoms with Gasteiger partial charge in [-0.05, 0) is 5.92 Å². The van der Waals surface area contributed by atoms with Gasteiger partial charge in [0.15, 0.2) is 0 Å². The van der Waals surface area contributed by atoms with Crippen molar-refractivity contribution in [1.82, 2.24) is 16.0 Å². The second-order valence-corrected chi connectivity index (χ2v) is 6.19. The quantitative estimate of drug-likeness (QED) is 0.210. The van der Waals surface area contributed by atoms with Crippen LogP contribution in [0.4, 0.5) is 0 Å². The number of nitrogens with two attached hydrogens (primary N) is 1. The van der Waals surface area contributed by atoms with Crippen LogP contribution in [0.3, 0.4) is 0 Å². The van der Waals surface area contributed by atoms with Gasteiger partial charge in [-0.3, -0.25) is 14.4 Å². The number of thiol groups is 2. The predicted molar refractivity (Wildman–Crippen MR) is 99.6 cm³/mol. The lowest BCUT2D eigenvalue weighted by Crippen LogP contribution is -2.58. The first-order chi connectivity index (χ1) is 11.7. The van der Waals surface area contributed by atoms with Crippen molar-refractivity contribution in [3.8, 4) is 0 Å². The average molecular weight is 395 g/mol. The van der Waals surface area contributed by atoms with E-state index in [1.807, 2.05) is 6.92 Å². The minimum absolute atomic E-state index is 0.0147. The number of carboxylic acid groups (broad SMARTS) is 1. The maximum atomic E-state index is 12.4. The molecule has 0 rings (SSSR count). The van der Waals surface area contributed by atoms with Crippen molar-refractivity contribution in [3.63, 3.8) is 0 Å². The highest BCUT2D eigenvalue weighted by molar-refractivity contribution is 7.80. The van der Waals surface area contributed by atoms with Crippen molar-refractivity contribution < 1.29 is 24.3 Å². The second-order valence-electron chi connectivity index (χ2n) is 5.46. The summed E-state index contributed by atoms with van der Waals surface area (Å²) in [5.74, 6) is -3.32. The van der Waals surface area contributed by atoms with E-state index in [1.54, 1.807) is 6.92 Å². The Morgan fingerprint density at radius 3 is 1.96 bits per heavy atom. The molecule has 144 valence electrons. The lowest BCUT2D eigenvalue weighted by Gasteiger charge is -2.27. The summed E-state index contributed by atoms with van der Waals surface area (Å²) in [5, 5.41) is 16.3. The van der Waals surface area contributed by atoms with Gasteiger partial charge in [0.05, 0.1) is 6.54 Å². The van der Waals surface area contributed by atoms with Crippen molar-refractivity contribution in [2.45, 2.75) is 38.4 Å². The Morgan fingerprint density at radius 1 is 1.00 bits per heavy atom. The summed E-state index contributed by atoms with van der Waals surface area (Å²) in [7, 11) is 0. The summed E-state index contributed by atoms with van der Waals surface area (Å²) in [6.45, 7) is 3.29. The first-order valence-corrected chi connectivity index (χ1v) is 9.02. The fraction of sp³-hybridized carbons (Fsp3) is 0.714. The van der Waals surface area contributed by atoms with Crippen LogP contribution in [0.15, 0.2) is 0 Å². The highest BCUT2D eigenvalue weighted by Gasteiger charge is 2.31. The molecule has 0 heterocycles. The van der Waals surface area contributed by atoms with Crippen molar-refractivity contribution in [2.75, 3.05) is 18.1 Å². The number of amides is 3. The van der Waals surface area contributed by atoms with E-state index >= 15 is 0 Å². The third-order valence-corrected chi connectivity index (χ3v) is 4.34. The predicted octanol–water partition coefficient (Wildman–Crippen LogP) is -1.61. The van der Waals surface area contributed by atoms with E-state index in [-0.39, 0.29) is 24.0 Å². The summed E-state index contributed by atoms with van der Waals surface area (Å²) in [6, 6.07) is -3.09. The third kappa shape index (κ3) is 7.97. The van der Waals surface area contributed by atoms with E-state index in [0.717, 1.165) is 0 Å². The summed E-state index contributed by atoms with van der Waals surface area (Å²) >= 11 is 7.90. The van der Waals surface area contributed by atoms with Crippen LogP contribution in [0.5, 0.6) is 0 Å². The lowest BCUT2D eigenvalue weighted by molar-refractivity contribution is -0.142. The lowest BCUT2D eigenvalue weighted by atomic mass is 9.97. The molecule has 0 aliphatic carbocycles.